The summed E-state index contributed by atoms with van der Waals surface area (Å²) in [6.45, 7) is 0.0753. The van der Waals surface area contributed by atoms with Crippen molar-refractivity contribution in [3.63, 3.8) is 0 Å². The number of carbonyl (C=O) groups excluding carboxylic acids is 1. The van der Waals surface area contributed by atoms with Crippen molar-refractivity contribution in [3.05, 3.63) is 75.7 Å². The third-order valence-corrected chi connectivity index (χ3v) is 6.50. The van der Waals surface area contributed by atoms with E-state index in [4.69, 9.17) is 35.7 Å². The molecule has 1 aliphatic rings. The molecule has 0 saturated carbocycles. The number of pyridine rings is 1. The minimum atomic E-state index is -2.72. The van der Waals surface area contributed by atoms with Gasteiger partial charge in [0.1, 0.15) is 24.1 Å². The third kappa shape index (κ3) is 7.60. The number of carboxylic acids is 1. The quantitative estimate of drug-likeness (QED) is 0.333. The van der Waals surface area contributed by atoms with Crippen LogP contribution in [-0.2, 0) is 14.3 Å². The number of hydrogen-bond donors (Lipinski definition) is 2. The minimum absolute atomic E-state index is 0.0433. The number of benzene rings is 2. The van der Waals surface area contributed by atoms with Gasteiger partial charge < -0.3 is 29.4 Å². The zero-order valence-corrected chi connectivity index (χ0v) is 22.6. The van der Waals surface area contributed by atoms with E-state index in [1.165, 1.54) is 66.4 Å². The number of nitrogens with zero attached hydrogens (tertiary/aromatic N) is 1. The van der Waals surface area contributed by atoms with Crippen molar-refractivity contribution in [3.8, 4) is 22.6 Å². The zero-order valence-electron chi connectivity index (χ0n) is 21.8. The molecule has 0 spiro atoms. The Hall–Kier alpha value is -4.00. The van der Waals surface area contributed by atoms with E-state index in [0.717, 1.165) is 0 Å². The molecule has 1 amide bonds. The number of anilines is 1. The Morgan fingerprint density at radius 1 is 1.12 bits per heavy atom. The molecule has 2 N–H and O–H groups in total. The molecule has 4 rings (SSSR count). The van der Waals surface area contributed by atoms with Gasteiger partial charge >= 0.3 is 5.97 Å². The normalized spacial score (nSPS) is 15.8. The van der Waals surface area contributed by atoms with Crippen molar-refractivity contribution in [1.82, 2.24) is 4.57 Å². The first kappa shape index (κ1) is 30.0. The van der Waals surface area contributed by atoms with Crippen LogP contribution < -0.4 is 20.3 Å². The molecule has 0 bridgehead atoms. The Morgan fingerprint density at radius 3 is 2.49 bits per heavy atom. The number of rotatable bonds is 11. The molecule has 3 aromatic rings. The van der Waals surface area contributed by atoms with Gasteiger partial charge in [-0.15, -0.1) is 0 Å². The monoisotopic (exact) mass is 592 g/mol. The van der Waals surface area contributed by atoms with Gasteiger partial charge in [0.25, 0.3) is 12.0 Å². The van der Waals surface area contributed by atoms with Crippen LogP contribution in [0.3, 0.4) is 0 Å². The molecule has 2 aromatic carbocycles. The fraction of sp³-hybridized carbons (Fsp3) is 0.321. The van der Waals surface area contributed by atoms with Gasteiger partial charge in [-0.1, -0.05) is 11.6 Å². The van der Waals surface area contributed by atoms with E-state index in [1.807, 2.05) is 0 Å². The molecule has 13 heteroatoms. The van der Waals surface area contributed by atoms with Crippen molar-refractivity contribution in [1.29, 1.82) is 0 Å². The Balaban J connectivity index is 1.72. The maximum absolute atomic E-state index is 13.5. The van der Waals surface area contributed by atoms with Crippen molar-refractivity contribution < 1.29 is 42.4 Å². The number of methoxy groups -OCH3 is 1. The summed E-state index contributed by atoms with van der Waals surface area (Å²) in [5.41, 5.74) is 0.242. The predicted octanol–water partition coefficient (Wildman–Crippen LogP) is 4.50. The summed E-state index contributed by atoms with van der Waals surface area (Å²) in [4.78, 5) is 38.2. The van der Waals surface area contributed by atoms with Crippen LogP contribution in [0, 0.1) is 0 Å². The number of nitrogens with one attached hydrogen (secondary N) is 1. The lowest BCUT2D eigenvalue weighted by Crippen LogP contribution is -2.38. The molecule has 2 unspecified atom stereocenters. The molecular weight excluding hydrogens is 566 g/mol. The second kappa shape index (κ2) is 13.6. The highest BCUT2D eigenvalue weighted by molar-refractivity contribution is 6.31. The summed E-state index contributed by atoms with van der Waals surface area (Å²) in [6.07, 6.45) is -1.80. The molecule has 1 saturated heterocycles. The molecule has 0 aliphatic carbocycles. The number of ether oxygens (including phenoxy) is 4. The molecule has 218 valence electrons. The highest BCUT2D eigenvalue weighted by Crippen LogP contribution is 2.38. The van der Waals surface area contributed by atoms with Crippen LogP contribution in [0.5, 0.6) is 11.5 Å². The van der Waals surface area contributed by atoms with Crippen molar-refractivity contribution in [2.24, 2.45) is 0 Å². The van der Waals surface area contributed by atoms with E-state index < -0.39 is 42.6 Å². The minimum Gasteiger partial charge on any atom is -0.495 e. The first-order chi connectivity index (χ1) is 19.7. The van der Waals surface area contributed by atoms with E-state index in [1.54, 1.807) is 0 Å². The number of amides is 1. The van der Waals surface area contributed by atoms with Crippen LogP contribution in [0.1, 0.15) is 22.8 Å². The van der Waals surface area contributed by atoms with Gasteiger partial charge in [0, 0.05) is 34.3 Å². The summed E-state index contributed by atoms with van der Waals surface area (Å²) in [5.74, 6) is -1.46. The molecular formula is C28H27ClF2N2O8. The largest absolute Gasteiger partial charge is 0.495 e. The molecule has 1 aromatic heterocycles. The van der Waals surface area contributed by atoms with Crippen LogP contribution in [0.15, 0.2) is 59.5 Å². The first-order valence-corrected chi connectivity index (χ1v) is 12.9. The average Bonchev–Trinajstić information content (AvgIpc) is 2.96. The Labute approximate surface area is 238 Å². The van der Waals surface area contributed by atoms with E-state index in [-0.39, 0.29) is 46.2 Å². The lowest BCUT2D eigenvalue weighted by atomic mass is 10.0. The molecule has 1 fully saturated rings. The first-order valence-electron chi connectivity index (χ1n) is 12.5. The lowest BCUT2D eigenvalue weighted by molar-refractivity contribution is -0.124. The number of aromatic carboxylic acids is 1. The molecule has 41 heavy (non-hydrogen) atoms. The number of aromatic nitrogens is 1. The van der Waals surface area contributed by atoms with Gasteiger partial charge in [0.05, 0.1) is 44.8 Å². The van der Waals surface area contributed by atoms with Crippen LogP contribution in [0.2, 0.25) is 5.02 Å². The maximum atomic E-state index is 13.5. The van der Waals surface area contributed by atoms with Crippen molar-refractivity contribution in [2.45, 2.75) is 25.0 Å². The second-order valence-corrected chi connectivity index (χ2v) is 9.47. The van der Waals surface area contributed by atoms with Gasteiger partial charge in [-0.25, -0.2) is 13.6 Å². The molecule has 10 nitrogen and oxygen atoms in total. The summed E-state index contributed by atoms with van der Waals surface area (Å²) in [6, 6.07) is 10.0. The van der Waals surface area contributed by atoms with Gasteiger partial charge in [0.15, 0.2) is 0 Å². The van der Waals surface area contributed by atoms with Crippen LogP contribution in [0.4, 0.5) is 14.5 Å². The number of hydrogen-bond acceptors (Lipinski definition) is 7. The van der Waals surface area contributed by atoms with Gasteiger partial charge in [0.2, 0.25) is 5.91 Å². The Kier molecular flexibility index (Phi) is 9.92. The summed E-state index contributed by atoms with van der Waals surface area (Å²) < 4.78 is 48.9. The standard InChI is InChI=1S/C28H27ClF2N2O8/c1-38-24-13-33(26(34)12-21(24)20-10-17(29)4-7-23(20)41-15-25(30)31)22(11-19-14-39-8-9-40-19)27(35)32-18-5-2-16(3-6-18)28(36)37/h2-7,10,12-13,19,22,25H,8-9,11,14-15H2,1H3,(H,32,35)(H,36,37). The van der Waals surface area contributed by atoms with Crippen molar-refractivity contribution in [2.75, 3.05) is 38.9 Å². The number of alkyl halides is 2. The van der Waals surface area contributed by atoms with E-state index in [9.17, 15) is 23.2 Å². The topological polar surface area (TPSA) is 125 Å². The molecule has 1 aliphatic heterocycles. The fourth-order valence-corrected chi connectivity index (χ4v) is 4.50. The highest BCUT2D eigenvalue weighted by Gasteiger charge is 2.29. The SMILES string of the molecule is COc1cn(C(CC2COCCO2)C(=O)Nc2ccc(C(=O)O)cc2)c(=O)cc1-c1cc(Cl)ccc1OCC(F)F. The Bertz CT molecular complexity index is 1440. The van der Waals surface area contributed by atoms with Crippen LogP contribution in [0.25, 0.3) is 11.1 Å². The van der Waals surface area contributed by atoms with Gasteiger partial charge in [-0.05, 0) is 42.5 Å². The zero-order chi connectivity index (χ0) is 29.5. The molecule has 2 heterocycles. The number of carboxylic acid groups (broad SMARTS) is 1. The lowest BCUT2D eigenvalue weighted by Gasteiger charge is -2.28. The van der Waals surface area contributed by atoms with Gasteiger partial charge in [-0.3, -0.25) is 14.2 Å². The van der Waals surface area contributed by atoms with Crippen molar-refractivity contribution >= 4 is 29.2 Å². The summed E-state index contributed by atoms with van der Waals surface area (Å²) in [7, 11) is 1.36. The average molecular weight is 593 g/mol. The number of carbonyl (C=O) groups is 2. The molecule has 2 atom stereocenters. The van der Waals surface area contributed by atoms with E-state index >= 15 is 0 Å². The molecule has 0 radical (unpaired) electrons. The Morgan fingerprint density at radius 2 is 1.85 bits per heavy atom. The second-order valence-electron chi connectivity index (χ2n) is 9.03. The van der Waals surface area contributed by atoms with E-state index in [2.05, 4.69) is 5.32 Å². The highest BCUT2D eigenvalue weighted by atomic mass is 35.5. The fourth-order valence-electron chi connectivity index (χ4n) is 4.33. The summed E-state index contributed by atoms with van der Waals surface area (Å²) in [5, 5.41) is 12.1. The predicted molar refractivity (Wildman–Crippen MR) is 145 cm³/mol. The van der Waals surface area contributed by atoms with Crippen LogP contribution >= 0.6 is 11.6 Å². The maximum Gasteiger partial charge on any atom is 0.335 e. The smallest absolute Gasteiger partial charge is 0.335 e. The summed E-state index contributed by atoms with van der Waals surface area (Å²) >= 11 is 6.16. The number of halogens is 3. The van der Waals surface area contributed by atoms with E-state index in [0.29, 0.717) is 18.9 Å². The third-order valence-electron chi connectivity index (χ3n) is 6.27. The van der Waals surface area contributed by atoms with Crippen LogP contribution in [-0.4, -0.2) is 67.6 Å². The van der Waals surface area contributed by atoms with Gasteiger partial charge in [-0.2, -0.15) is 0 Å².